The van der Waals surface area contributed by atoms with Crippen LogP contribution in [0.1, 0.15) is 6.42 Å². The van der Waals surface area contributed by atoms with Crippen molar-refractivity contribution in [3.8, 4) is 0 Å². The van der Waals surface area contributed by atoms with Gasteiger partial charge in [-0.25, -0.2) is 0 Å². The predicted octanol–water partition coefficient (Wildman–Crippen LogP) is 1.93. The van der Waals surface area contributed by atoms with Crippen LogP contribution in [0.2, 0.25) is 0 Å². The van der Waals surface area contributed by atoms with Crippen LogP contribution < -0.4 is 0 Å². The van der Waals surface area contributed by atoms with Gasteiger partial charge in [0.25, 0.3) is 0 Å². The molecular weight excluding hydrogens is 205 g/mol. The summed E-state index contributed by atoms with van der Waals surface area (Å²) in [5.41, 5.74) is 0. The first kappa shape index (κ1) is 13.1. The van der Waals surface area contributed by atoms with Crippen molar-refractivity contribution in [2.24, 2.45) is 0 Å². The molecule has 0 aromatic rings. The second-order valence-electron chi connectivity index (χ2n) is 5.05. The Morgan fingerprint density at radius 1 is 0.800 bits per heavy atom. The van der Waals surface area contributed by atoms with E-state index in [2.05, 4.69) is 68.4 Å². The van der Waals surface area contributed by atoms with Crippen molar-refractivity contribution >= 4 is 7.06 Å². The molecule has 15 heavy (non-hydrogen) atoms. The van der Waals surface area contributed by atoms with Gasteiger partial charge in [-0.2, -0.15) is 0 Å². The van der Waals surface area contributed by atoms with Crippen molar-refractivity contribution in [2.75, 3.05) is 54.6 Å². The number of hydrogen-bond acceptors (Lipinski definition) is 3. The van der Waals surface area contributed by atoms with Gasteiger partial charge in [0, 0.05) is 0 Å². The molecule has 1 aliphatic rings. The third kappa shape index (κ3) is 1.57. The first-order valence-corrected chi connectivity index (χ1v) is 8.03. The van der Waals surface area contributed by atoms with Crippen molar-refractivity contribution < 1.29 is 0 Å². The Bertz CT molecular complexity index is 234. The standard InChI is InChI=1S/C11H26N3P/c1-12(2)15(13(3)4,14(5)6)10-8-7-9-11-15/h7-8H,9-11H2,1-6H3. The van der Waals surface area contributed by atoms with Gasteiger partial charge in [-0.3, -0.25) is 0 Å². The molecule has 0 bridgehead atoms. The summed E-state index contributed by atoms with van der Waals surface area (Å²) in [6.45, 7) is 0. The maximum absolute atomic E-state index is 2.48. The minimum atomic E-state index is -2.03. The second kappa shape index (κ2) is 4.14. The van der Waals surface area contributed by atoms with Crippen LogP contribution in [-0.2, 0) is 0 Å². The van der Waals surface area contributed by atoms with Gasteiger partial charge >= 0.3 is 94.2 Å². The van der Waals surface area contributed by atoms with Crippen molar-refractivity contribution in [3.05, 3.63) is 12.2 Å². The zero-order chi connectivity index (χ0) is 11.7. The maximum atomic E-state index is 2.48. The Balaban J connectivity index is 3.29. The van der Waals surface area contributed by atoms with Crippen LogP contribution in [0.3, 0.4) is 0 Å². The van der Waals surface area contributed by atoms with Gasteiger partial charge in [-0.1, -0.05) is 0 Å². The Labute approximate surface area is 94.8 Å². The number of hydrogen-bond donors (Lipinski definition) is 0. The molecule has 0 aliphatic carbocycles. The van der Waals surface area contributed by atoms with E-state index in [-0.39, 0.29) is 0 Å². The molecule has 0 atom stereocenters. The van der Waals surface area contributed by atoms with Crippen LogP contribution >= 0.6 is 7.06 Å². The van der Waals surface area contributed by atoms with Crippen LogP contribution in [0, 0.1) is 0 Å². The molecule has 0 aromatic heterocycles. The van der Waals surface area contributed by atoms with Gasteiger partial charge in [0.2, 0.25) is 0 Å². The fraction of sp³-hybridized carbons (Fsp3) is 0.818. The Hall–Kier alpha value is 0.0500. The van der Waals surface area contributed by atoms with Gasteiger partial charge in [-0.15, -0.1) is 0 Å². The van der Waals surface area contributed by atoms with Crippen molar-refractivity contribution in [2.45, 2.75) is 6.42 Å². The first-order valence-electron chi connectivity index (χ1n) is 5.57. The molecule has 1 heterocycles. The van der Waals surface area contributed by atoms with Crippen LogP contribution in [0.4, 0.5) is 0 Å². The normalized spacial score (nSPS) is 26.9. The monoisotopic (exact) mass is 231 g/mol. The zero-order valence-electron chi connectivity index (χ0n) is 11.1. The second-order valence-corrected chi connectivity index (χ2v) is 10.9. The molecule has 4 heteroatoms. The van der Waals surface area contributed by atoms with Gasteiger partial charge in [0.05, 0.1) is 0 Å². The summed E-state index contributed by atoms with van der Waals surface area (Å²) in [6.07, 6.45) is 8.34. The number of nitrogens with zero attached hydrogens (tertiary/aromatic N) is 3. The molecule has 0 saturated carbocycles. The van der Waals surface area contributed by atoms with E-state index in [1.807, 2.05) is 0 Å². The summed E-state index contributed by atoms with van der Waals surface area (Å²) >= 11 is 0. The third-order valence-corrected chi connectivity index (χ3v) is 11.8. The summed E-state index contributed by atoms with van der Waals surface area (Å²) in [4.78, 5) is 0. The van der Waals surface area contributed by atoms with E-state index < -0.39 is 7.06 Å². The summed E-state index contributed by atoms with van der Waals surface area (Å²) in [6, 6.07) is 0. The Morgan fingerprint density at radius 3 is 1.47 bits per heavy atom. The molecule has 0 amide bonds. The van der Waals surface area contributed by atoms with E-state index >= 15 is 0 Å². The average Bonchev–Trinajstić information content (AvgIpc) is 2.17. The Kier molecular flexibility index (Phi) is 3.62. The first-order chi connectivity index (χ1) is 6.87. The number of rotatable bonds is 3. The van der Waals surface area contributed by atoms with Gasteiger partial charge in [0.15, 0.2) is 0 Å². The molecule has 90 valence electrons. The van der Waals surface area contributed by atoms with Crippen molar-refractivity contribution in [1.82, 2.24) is 14.0 Å². The molecule has 0 saturated heterocycles. The molecule has 0 radical (unpaired) electrons. The van der Waals surface area contributed by atoms with Gasteiger partial charge < -0.3 is 0 Å². The topological polar surface area (TPSA) is 9.72 Å². The predicted molar refractivity (Wildman–Crippen MR) is 71.5 cm³/mol. The van der Waals surface area contributed by atoms with E-state index in [0.29, 0.717) is 0 Å². The van der Waals surface area contributed by atoms with Gasteiger partial charge in [0.1, 0.15) is 0 Å². The van der Waals surface area contributed by atoms with E-state index in [4.69, 9.17) is 0 Å². The average molecular weight is 231 g/mol. The van der Waals surface area contributed by atoms with Crippen LogP contribution in [0.15, 0.2) is 12.2 Å². The fourth-order valence-corrected chi connectivity index (χ4v) is 8.77. The van der Waals surface area contributed by atoms with E-state index in [9.17, 15) is 0 Å². The molecule has 1 aliphatic heterocycles. The summed E-state index contributed by atoms with van der Waals surface area (Å²) in [5.74, 6) is 0. The molecular formula is C11H26N3P. The summed E-state index contributed by atoms with van der Waals surface area (Å²) < 4.78 is 7.44. The quantitative estimate of drug-likeness (QED) is 0.543. The molecule has 0 N–H and O–H groups in total. The summed E-state index contributed by atoms with van der Waals surface area (Å²) in [7, 11) is 11.4. The van der Waals surface area contributed by atoms with E-state index in [1.54, 1.807) is 0 Å². The van der Waals surface area contributed by atoms with Crippen molar-refractivity contribution in [3.63, 3.8) is 0 Å². The molecule has 0 unspecified atom stereocenters. The molecule has 0 spiro atoms. The third-order valence-electron chi connectivity index (χ3n) is 4.17. The van der Waals surface area contributed by atoms with Crippen LogP contribution in [-0.4, -0.2) is 68.6 Å². The molecule has 0 fully saturated rings. The summed E-state index contributed by atoms with van der Waals surface area (Å²) in [5, 5.41) is 0. The molecule has 1 rings (SSSR count). The molecule has 0 aromatic carbocycles. The Morgan fingerprint density at radius 2 is 1.27 bits per heavy atom. The van der Waals surface area contributed by atoms with E-state index in [0.717, 1.165) is 0 Å². The van der Waals surface area contributed by atoms with Crippen molar-refractivity contribution in [1.29, 1.82) is 0 Å². The number of allylic oxidation sites excluding steroid dienone is 2. The van der Waals surface area contributed by atoms with Gasteiger partial charge in [-0.05, 0) is 0 Å². The van der Waals surface area contributed by atoms with Crippen LogP contribution in [0.25, 0.3) is 0 Å². The van der Waals surface area contributed by atoms with E-state index in [1.165, 1.54) is 18.7 Å². The zero-order valence-corrected chi connectivity index (χ0v) is 12.0. The molecule has 3 nitrogen and oxygen atoms in total. The minimum absolute atomic E-state index is 1.18. The fourth-order valence-electron chi connectivity index (χ4n) is 3.00. The van der Waals surface area contributed by atoms with Crippen LogP contribution in [0.5, 0.6) is 0 Å². The SMILES string of the molecule is CN(C)P1(N(C)C)(N(C)C)CC=CCC1.